The van der Waals surface area contributed by atoms with Crippen molar-refractivity contribution in [3.63, 3.8) is 0 Å². The number of halogens is 7. The van der Waals surface area contributed by atoms with Crippen LogP contribution in [0.1, 0.15) is 12.8 Å². The summed E-state index contributed by atoms with van der Waals surface area (Å²) >= 11 is 23.7. The summed E-state index contributed by atoms with van der Waals surface area (Å²) in [4.78, 5) is 23.1. The van der Waals surface area contributed by atoms with Gasteiger partial charge in [-0.05, 0) is 12.8 Å². The van der Waals surface area contributed by atoms with Crippen molar-refractivity contribution in [1.29, 1.82) is 0 Å². The summed E-state index contributed by atoms with van der Waals surface area (Å²) in [5, 5.41) is 0. The van der Waals surface area contributed by atoms with Crippen molar-refractivity contribution < 1.29 is 22.8 Å². The maximum atomic E-state index is 12.1. The normalized spacial score (nSPS) is 24.7. The molecule has 0 aromatic rings. The molecule has 0 radical (unpaired) electrons. The maximum Gasteiger partial charge on any atom is 0.379 e. The first-order valence-corrected chi connectivity index (χ1v) is 8.28. The minimum absolute atomic E-state index is 0.279. The third kappa shape index (κ3) is 5.09. The number of amides is 2. The van der Waals surface area contributed by atoms with E-state index in [4.69, 9.17) is 46.4 Å². The van der Waals surface area contributed by atoms with Crippen molar-refractivity contribution in [3.8, 4) is 0 Å². The molecule has 2 rings (SSSR count). The van der Waals surface area contributed by atoms with Crippen molar-refractivity contribution in [3.05, 3.63) is 12.2 Å². The summed E-state index contributed by atoms with van der Waals surface area (Å²) in [6.07, 6.45) is 4.94. The molecular formula is C11H10Cl4F3NO2S. The van der Waals surface area contributed by atoms with E-state index in [0.29, 0.717) is 24.8 Å². The molecule has 2 unspecified atom stereocenters. The molecule has 0 N–H and O–H groups in total. The monoisotopic (exact) mass is 417 g/mol. The molecule has 0 aromatic carbocycles. The zero-order chi connectivity index (χ0) is 17.1. The topological polar surface area (TPSA) is 37.4 Å². The quantitative estimate of drug-likeness (QED) is 0.288. The molecule has 1 heterocycles. The number of allylic oxidation sites excluding steroid dienone is 2. The van der Waals surface area contributed by atoms with Gasteiger partial charge in [-0.25, -0.2) is 4.31 Å². The second kappa shape index (κ2) is 8.33. The Kier molecular flexibility index (Phi) is 7.66. The summed E-state index contributed by atoms with van der Waals surface area (Å²) in [7, 11) is 0. The van der Waals surface area contributed by atoms with Crippen LogP contribution in [0.25, 0.3) is 0 Å². The van der Waals surface area contributed by atoms with Gasteiger partial charge in [-0.15, -0.1) is 23.2 Å². The summed E-state index contributed by atoms with van der Waals surface area (Å²) in [5.41, 5.74) is 0. The van der Waals surface area contributed by atoms with Crippen molar-refractivity contribution in [2.24, 2.45) is 11.8 Å². The van der Waals surface area contributed by atoms with E-state index >= 15 is 0 Å². The minimum Gasteiger partial charge on any atom is -0.273 e. The van der Waals surface area contributed by atoms with Crippen molar-refractivity contribution in [1.82, 2.24) is 4.31 Å². The maximum absolute atomic E-state index is 12.1. The molecule has 126 valence electrons. The van der Waals surface area contributed by atoms with Crippen molar-refractivity contribution >= 4 is 70.2 Å². The zero-order valence-corrected chi connectivity index (χ0v) is 14.5. The number of imide groups is 1. The molecule has 2 amide bonds. The fraction of sp³-hybridized carbons (Fsp3) is 0.636. The predicted octanol–water partition coefficient (Wildman–Crippen LogP) is 4.70. The lowest BCUT2D eigenvalue weighted by molar-refractivity contribution is -0.133. The average Bonchev–Trinajstić information content (AvgIpc) is 2.64. The van der Waals surface area contributed by atoms with Gasteiger partial charge in [-0.3, -0.25) is 9.59 Å². The minimum atomic E-state index is -3.67. The fourth-order valence-corrected chi connectivity index (χ4v) is 3.45. The summed E-state index contributed by atoms with van der Waals surface area (Å²) in [6, 6.07) is 0. The molecule has 0 bridgehead atoms. The Balaban J connectivity index is 0.000000541. The Labute approximate surface area is 149 Å². The summed E-state index contributed by atoms with van der Waals surface area (Å²) in [6.45, 7) is -3.67. The van der Waals surface area contributed by atoms with Crippen LogP contribution >= 0.6 is 58.4 Å². The molecule has 1 aliphatic carbocycles. The number of hydrogen-bond acceptors (Lipinski definition) is 3. The SMILES string of the molecule is FC(F)F.O=C1C2CC=CCC2C(=O)N1SC(Cl)(Cl)C(Cl)Cl. The molecule has 1 fully saturated rings. The zero-order valence-electron chi connectivity index (χ0n) is 10.7. The number of alkyl halides is 7. The van der Waals surface area contributed by atoms with E-state index in [1.807, 2.05) is 12.2 Å². The average molecular weight is 419 g/mol. The van der Waals surface area contributed by atoms with E-state index < -0.39 is 15.2 Å². The lowest BCUT2D eigenvalue weighted by Crippen LogP contribution is -2.31. The predicted molar refractivity (Wildman–Crippen MR) is 81.8 cm³/mol. The first-order chi connectivity index (χ1) is 10.1. The van der Waals surface area contributed by atoms with Crippen LogP contribution in [0.4, 0.5) is 13.2 Å². The molecule has 11 heteroatoms. The van der Waals surface area contributed by atoms with Gasteiger partial charge in [0.1, 0.15) is 0 Å². The number of carbonyl (C=O) groups is 2. The Morgan fingerprint density at radius 1 is 1.09 bits per heavy atom. The van der Waals surface area contributed by atoms with Gasteiger partial charge in [-0.1, -0.05) is 35.4 Å². The highest BCUT2D eigenvalue weighted by Gasteiger charge is 2.51. The number of rotatable bonds is 3. The second-order valence-corrected chi connectivity index (χ2v) is 8.45. The van der Waals surface area contributed by atoms with Gasteiger partial charge in [0.25, 0.3) is 0 Å². The van der Waals surface area contributed by atoms with Crippen LogP contribution in [0.3, 0.4) is 0 Å². The van der Waals surface area contributed by atoms with E-state index in [1.54, 1.807) is 0 Å². The standard InChI is InChI=1S/C10H9Cl4NO2S.CHF3/c11-9(12)10(13,14)18-15-7(16)5-3-1-2-4-6(5)8(15)17;2-1(3)4/h1-2,5-6,9H,3-4H2;1H. The van der Waals surface area contributed by atoms with Crippen LogP contribution in [0.2, 0.25) is 0 Å². The van der Waals surface area contributed by atoms with Crippen LogP contribution < -0.4 is 0 Å². The van der Waals surface area contributed by atoms with Crippen LogP contribution in [0, 0.1) is 11.8 Å². The molecule has 0 saturated carbocycles. The molecular weight excluding hydrogens is 409 g/mol. The number of fused-ring (bicyclic) bond motifs is 1. The first kappa shape index (κ1) is 20.2. The smallest absolute Gasteiger partial charge is 0.273 e. The highest BCUT2D eigenvalue weighted by molar-refractivity contribution is 8.02. The van der Waals surface area contributed by atoms with Crippen LogP contribution in [0.15, 0.2) is 12.2 Å². The van der Waals surface area contributed by atoms with E-state index in [1.165, 1.54) is 0 Å². The fourth-order valence-electron chi connectivity index (χ4n) is 2.02. The van der Waals surface area contributed by atoms with Gasteiger partial charge >= 0.3 is 6.68 Å². The highest BCUT2D eigenvalue weighted by Crippen LogP contribution is 2.48. The molecule has 3 nitrogen and oxygen atoms in total. The lowest BCUT2D eigenvalue weighted by atomic mass is 9.85. The van der Waals surface area contributed by atoms with Crippen molar-refractivity contribution in [2.45, 2.75) is 28.0 Å². The Morgan fingerprint density at radius 3 is 1.77 bits per heavy atom. The van der Waals surface area contributed by atoms with Crippen LogP contribution in [-0.4, -0.2) is 31.3 Å². The number of carbonyl (C=O) groups excluding carboxylic acids is 2. The number of hydrogen-bond donors (Lipinski definition) is 0. The van der Waals surface area contributed by atoms with Gasteiger partial charge in [0.2, 0.25) is 15.5 Å². The van der Waals surface area contributed by atoms with E-state index in [2.05, 4.69) is 0 Å². The lowest BCUT2D eigenvalue weighted by Gasteiger charge is -2.24. The third-order valence-electron chi connectivity index (χ3n) is 2.93. The van der Waals surface area contributed by atoms with Crippen LogP contribution in [-0.2, 0) is 9.59 Å². The van der Waals surface area contributed by atoms with E-state index in [9.17, 15) is 22.8 Å². The Morgan fingerprint density at radius 2 is 1.45 bits per heavy atom. The van der Waals surface area contributed by atoms with Gasteiger partial charge in [0.05, 0.1) is 11.8 Å². The molecule has 22 heavy (non-hydrogen) atoms. The van der Waals surface area contributed by atoms with Crippen molar-refractivity contribution in [2.75, 3.05) is 0 Å². The van der Waals surface area contributed by atoms with Gasteiger partial charge in [-0.2, -0.15) is 13.2 Å². The summed E-state index contributed by atoms with van der Waals surface area (Å²) < 4.78 is 28.4. The highest BCUT2D eigenvalue weighted by atomic mass is 35.5. The van der Waals surface area contributed by atoms with E-state index in [0.717, 1.165) is 4.31 Å². The third-order valence-corrected chi connectivity index (χ3v) is 6.17. The second-order valence-electron chi connectivity index (χ2n) is 4.33. The Hall–Kier alpha value is 0.180. The van der Waals surface area contributed by atoms with E-state index in [-0.39, 0.29) is 23.7 Å². The van der Waals surface area contributed by atoms with Gasteiger partial charge in [0.15, 0.2) is 4.84 Å². The molecule has 2 aliphatic rings. The largest absolute Gasteiger partial charge is 0.379 e. The first-order valence-electron chi connectivity index (χ1n) is 5.88. The molecule has 1 aliphatic heterocycles. The number of nitrogens with zero attached hydrogens (tertiary/aromatic N) is 1. The van der Waals surface area contributed by atoms with Crippen LogP contribution in [0.5, 0.6) is 0 Å². The van der Waals surface area contributed by atoms with Gasteiger partial charge < -0.3 is 0 Å². The molecule has 1 saturated heterocycles. The molecule has 0 aromatic heterocycles. The molecule has 2 atom stereocenters. The van der Waals surface area contributed by atoms with Gasteiger partial charge in [0, 0.05) is 11.9 Å². The summed E-state index contributed by atoms with van der Waals surface area (Å²) in [5.74, 6) is -1.19. The Bertz CT molecular complexity index is 436. The molecule has 0 spiro atoms.